The fourth-order valence-corrected chi connectivity index (χ4v) is 3.71. The minimum Gasteiger partial charge on any atom is -0.494 e. The molecule has 1 saturated carbocycles. The van der Waals surface area contributed by atoms with Crippen molar-refractivity contribution in [1.82, 2.24) is 4.90 Å². The maximum atomic E-state index is 11.0. The Hall–Kier alpha value is -1.55. The third-order valence-electron chi connectivity index (χ3n) is 4.83. The number of carbonyl (C=O) groups is 1. The number of hydrogen-bond acceptors (Lipinski definition) is 3. The fraction of sp³-hybridized carbons (Fsp3) is 0.588. The molecule has 0 bridgehead atoms. The van der Waals surface area contributed by atoms with Crippen LogP contribution in [0, 0.1) is 11.8 Å². The molecule has 1 aliphatic heterocycles. The third kappa shape index (κ3) is 3.56. The summed E-state index contributed by atoms with van der Waals surface area (Å²) in [7, 11) is 0. The summed E-state index contributed by atoms with van der Waals surface area (Å²) in [4.78, 5) is 13.6. The van der Waals surface area contributed by atoms with Crippen LogP contribution in [0.2, 0.25) is 0 Å². The summed E-state index contributed by atoms with van der Waals surface area (Å²) in [6.45, 7) is 4.43. The van der Waals surface area contributed by atoms with E-state index in [4.69, 9.17) is 10.5 Å². The highest BCUT2D eigenvalue weighted by Gasteiger charge is 2.35. The molecular weight excluding hydrogens is 264 g/mol. The van der Waals surface area contributed by atoms with Gasteiger partial charge < -0.3 is 15.4 Å². The van der Waals surface area contributed by atoms with Gasteiger partial charge in [-0.3, -0.25) is 4.79 Å². The average molecular weight is 288 g/mol. The first kappa shape index (κ1) is 14.4. The number of nitrogens with two attached hydrogens (primary N) is 1. The van der Waals surface area contributed by atoms with Crippen LogP contribution in [0.1, 0.15) is 36.0 Å². The molecule has 3 rings (SSSR count). The van der Waals surface area contributed by atoms with Gasteiger partial charge in [-0.1, -0.05) is 6.42 Å². The van der Waals surface area contributed by atoms with Crippen molar-refractivity contribution < 1.29 is 9.53 Å². The predicted molar refractivity (Wildman–Crippen MR) is 82.3 cm³/mol. The highest BCUT2D eigenvalue weighted by molar-refractivity contribution is 5.92. The minimum atomic E-state index is -0.402. The molecule has 0 aromatic heterocycles. The molecule has 1 heterocycles. The summed E-state index contributed by atoms with van der Waals surface area (Å²) in [6.07, 6.45) is 5.36. The second kappa shape index (κ2) is 6.48. The van der Waals surface area contributed by atoms with Crippen molar-refractivity contribution in [1.29, 1.82) is 0 Å². The Labute approximate surface area is 126 Å². The van der Waals surface area contributed by atoms with Gasteiger partial charge in [0.25, 0.3) is 0 Å². The number of carbonyl (C=O) groups excluding carboxylic acids is 1. The molecule has 1 aromatic rings. The van der Waals surface area contributed by atoms with Crippen LogP contribution in [0.25, 0.3) is 0 Å². The molecular formula is C17H24N2O2. The van der Waals surface area contributed by atoms with E-state index in [0.29, 0.717) is 5.56 Å². The Bertz CT molecular complexity index is 474. The number of amides is 1. The topological polar surface area (TPSA) is 55.6 Å². The summed E-state index contributed by atoms with van der Waals surface area (Å²) < 4.78 is 5.72. The zero-order chi connectivity index (χ0) is 14.7. The molecule has 1 amide bonds. The lowest BCUT2D eigenvalue weighted by atomic mass is 10.0. The Morgan fingerprint density at radius 2 is 1.86 bits per heavy atom. The summed E-state index contributed by atoms with van der Waals surface area (Å²) in [5, 5.41) is 0. The van der Waals surface area contributed by atoms with E-state index in [2.05, 4.69) is 4.90 Å². The van der Waals surface area contributed by atoms with Crippen molar-refractivity contribution in [3.05, 3.63) is 29.8 Å². The average Bonchev–Trinajstić information content (AvgIpc) is 3.05. The monoisotopic (exact) mass is 288 g/mol. The molecule has 1 aromatic carbocycles. The summed E-state index contributed by atoms with van der Waals surface area (Å²) in [5.74, 6) is 2.33. The number of fused-ring (bicyclic) bond motifs is 1. The molecule has 0 unspecified atom stereocenters. The van der Waals surface area contributed by atoms with Gasteiger partial charge in [0, 0.05) is 25.2 Å². The second-order valence-electron chi connectivity index (χ2n) is 6.30. The number of ether oxygens (including phenoxy) is 1. The molecule has 2 N–H and O–H groups in total. The Balaban J connectivity index is 1.36. The molecule has 2 atom stereocenters. The second-order valence-corrected chi connectivity index (χ2v) is 6.30. The molecule has 4 heteroatoms. The van der Waals surface area contributed by atoms with Gasteiger partial charge in [0.05, 0.1) is 6.61 Å². The highest BCUT2D eigenvalue weighted by Crippen LogP contribution is 2.37. The lowest BCUT2D eigenvalue weighted by molar-refractivity contribution is 0.100. The van der Waals surface area contributed by atoms with Crippen LogP contribution in [-0.2, 0) is 0 Å². The fourth-order valence-electron chi connectivity index (χ4n) is 3.71. The van der Waals surface area contributed by atoms with Crippen LogP contribution in [0.5, 0.6) is 5.75 Å². The van der Waals surface area contributed by atoms with E-state index < -0.39 is 5.91 Å². The van der Waals surface area contributed by atoms with E-state index in [1.807, 2.05) is 0 Å². The van der Waals surface area contributed by atoms with Gasteiger partial charge in [-0.15, -0.1) is 0 Å². The number of hydrogen-bond donors (Lipinski definition) is 1. The van der Waals surface area contributed by atoms with Crippen LogP contribution in [0.3, 0.4) is 0 Å². The van der Waals surface area contributed by atoms with E-state index in [9.17, 15) is 4.79 Å². The summed E-state index contributed by atoms with van der Waals surface area (Å²) in [5.41, 5.74) is 5.73. The van der Waals surface area contributed by atoms with E-state index in [0.717, 1.165) is 37.2 Å². The molecule has 2 fully saturated rings. The molecule has 0 radical (unpaired) electrons. The standard InChI is InChI=1S/C17H24N2O2/c18-17(20)13-5-7-16(8-6-13)21-10-2-9-19-11-14-3-1-4-15(14)12-19/h5-8,14-15H,1-4,9-12H2,(H2,18,20)/t14-,15-/m0/s1. The number of primary amides is 1. The molecule has 4 nitrogen and oxygen atoms in total. The lowest BCUT2D eigenvalue weighted by Gasteiger charge is -2.16. The molecule has 0 spiro atoms. The van der Waals surface area contributed by atoms with Crippen LogP contribution in [0.4, 0.5) is 0 Å². The lowest BCUT2D eigenvalue weighted by Crippen LogP contribution is -2.24. The van der Waals surface area contributed by atoms with Gasteiger partial charge in [-0.05, 0) is 55.4 Å². The van der Waals surface area contributed by atoms with Gasteiger partial charge in [-0.25, -0.2) is 0 Å². The number of nitrogens with zero attached hydrogens (tertiary/aromatic N) is 1. The number of rotatable bonds is 6. The van der Waals surface area contributed by atoms with Crippen molar-refractivity contribution in [2.24, 2.45) is 17.6 Å². The number of benzene rings is 1. The first-order chi connectivity index (χ1) is 10.2. The summed E-state index contributed by atoms with van der Waals surface area (Å²) >= 11 is 0. The van der Waals surface area contributed by atoms with E-state index in [-0.39, 0.29) is 0 Å². The highest BCUT2D eigenvalue weighted by atomic mass is 16.5. The molecule has 114 valence electrons. The Kier molecular flexibility index (Phi) is 4.44. The molecule has 1 saturated heterocycles. The first-order valence-electron chi connectivity index (χ1n) is 7.97. The molecule has 1 aliphatic carbocycles. The van der Waals surface area contributed by atoms with E-state index in [1.165, 1.54) is 32.4 Å². The van der Waals surface area contributed by atoms with Crippen molar-refractivity contribution in [2.75, 3.05) is 26.2 Å². The van der Waals surface area contributed by atoms with Crippen LogP contribution < -0.4 is 10.5 Å². The maximum absolute atomic E-state index is 11.0. The Morgan fingerprint density at radius 1 is 1.19 bits per heavy atom. The van der Waals surface area contributed by atoms with Gasteiger partial charge >= 0.3 is 0 Å². The van der Waals surface area contributed by atoms with Crippen LogP contribution >= 0.6 is 0 Å². The van der Waals surface area contributed by atoms with Crippen LogP contribution in [-0.4, -0.2) is 37.0 Å². The summed E-state index contributed by atoms with van der Waals surface area (Å²) in [6, 6.07) is 7.03. The van der Waals surface area contributed by atoms with E-state index in [1.54, 1.807) is 24.3 Å². The van der Waals surface area contributed by atoms with E-state index >= 15 is 0 Å². The zero-order valence-corrected chi connectivity index (χ0v) is 12.5. The first-order valence-corrected chi connectivity index (χ1v) is 7.97. The zero-order valence-electron chi connectivity index (χ0n) is 12.5. The van der Waals surface area contributed by atoms with Crippen LogP contribution in [0.15, 0.2) is 24.3 Å². The van der Waals surface area contributed by atoms with Crippen molar-refractivity contribution in [3.8, 4) is 5.75 Å². The van der Waals surface area contributed by atoms with Gasteiger partial charge in [0.15, 0.2) is 0 Å². The SMILES string of the molecule is NC(=O)c1ccc(OCCCN2C[C@@H]3CCC[C@H]3C2)cc1. The van der Waals surface area contributed by atoms with Gasteiger partial charge in [0.1, 0.15) is 5.75 Å². The quantitative estimate of drug-likeness (QED) is 0.817. The largest absolute Gasteiger partial charge is 0.494 e. The van der Waals surface area contributed by atoms with Gasteiger partial charge in [0.2, 0.25) is 5.91 Å². The van der Waals surface area contributed by atoms with Gasteiger partial charge in [-0.2, -0.15) is 0 Å². The van der Waals surface area contributed by atoms with Crippen molar-refractivity contribution >= 4 is 5.91 Å². The normalized spacial score (nSPS) is 25.0. The molecule has 2 aliphatic rings. The number of likely N-dealkylation sites (tertiary alicyclic amines) is 1. The molecule has 21 heavy (non-hydrogen) atoms. The minimum absolute atomic E-state index is 0.402. The smallest absolute Gasteiger partial charge is 0.248 e. The van der Waals surface area contributed by atoms with Crippen molar-refractivity contribution in [3.63, 3.8) is 0 Å². The predicted octanol–water partition coefficient (Wildman–Crippen LogP) is 2.29. The third-order valence-corrected chi connectivity index (χ3v) is 4.83. The Morgan fingerprint density at radius 3 is 2.48 bits per heavy atom. The van der Waals surface area contributed by atoms with Crippen molar-refractivity contribution in [2.45, 2.75) is 25.7 Å². The maximum Gasteiger partial charge on any atom is 0.248 e.